The summed E-state index contributed by atoms with van der Waals surface area (Å²) in [4.78, 5) is 17.1. The third-order valence-electron chi connectivity index (χ3n) is 3.57. The van der Waals surface area contributed by atoms with Crippen LogP contribution in [0.15, 0.2) is 29.1 Å². The third-order valence-corrected chi connectivity index (χ3v) is 3.57. The molecule has 1 saturated heterocycles. The summed E-state index contributed by atoms with van der Waals surface area (Å²) in [5.41, 5.74) is 0.682. The fraction of sp³-hybridized carbons (Fsp3) is 0.429. The van der Waals surface area contributed by atoms with Gasteiger partial charge in [0, 0.05) is 6.42 Å². The number of nitrogens with zero attached hydrogens (tertiary/aromatic N) is 3. The lowest BCUT2D eigenvalue weighted by molar-refractivity contribution is 0.193. The molecule has 1 aromatic carbocycles. The first-order chi connectivity index (χ1) is 9.13. The van der Waals surface area contributed by atoms with Gasteiger partial charge in [-0.3, -0.25) is 9.80 Å². The molecule has 5 heteroatoms. The molecule has 0 saturated carbocycles. The number of fused-ring (bicyclic) bond motifs is 1. The summed E-state index contributed by atoms with van der Waals surface area (Å²) < 4.78 is 1.62. The van der Waals surface area contributed by atoms with Gasteiger partial charge in [0.2, 0.25) is 0 Å². The summed E-state index contributed by atoms with van der Waals surface area (Å²) in [5, 5.41) is 12.1. The molecular weight excluding hydrogens is 242 g/mol. The maximum atomic E-state index is 12.6. The molecule has 1 N–H and O–H groups in total. The fourth-order valence-corrected chi connectivity index (χ4v) is 2.44. The summed E-state index contributed by atoms with van der Waals surface area (Å²) in [6.45, 7) is 4.42. The Bertz CT molecular complexity index is 678. The largest absolute Gasteiger partial charge is 0.391 e. The monoisotopic (exact) mass is 259 g/mol. The molecule has 0 bridgehead atoms. The highest BCUT2D eigenvalue weighted by Gasteiger charge is 2.40. The minimum atomic E-state index is -0.442. The molecule has 2 heterocycles. The van der Waals surface area contributed by atoms with Crippen molar-refractivity contribution in [1.29, 1.82) is 0 Å². The van der Waals surface area contributed by atoms with Crippen molar-refractivity contribution in [3.05, 3.63) is 40.4 Å². The van der Waals surface area contributed by atoms with Gasteiger partial charge in [-0.2, -0.15) is 0 Å². The standard InChI is InChI=1S/C14H17N3O2/c1-3-13-15-11-7-5-4-6-10(11)14(19)17(13)16-8-12(16)9(2)18/h4-7,9,12,18H,3,8H2,1-2H3/t9-,12+,16?/m1/s1. The van der Waals surface area contributed by atoms with Crippen molar-refractivity contribution in [1.82, 2.24) is 9.66 Å². The van der Waals surface area contributed by atoms with E-state index >= 15 is 0 Å². The van der Waals surface area contributed by atoms with E-state index in [0.29, 0.717) is 18.4 Å². The highest BCUT2D eigenvalue weighted by molar-refractivity contribution is 5.77. The van der Waals surface area contributed by atoms with Crippen LogP contribution in [0.4, 0.5) is 0 Å². The van der Waals surface area contributed by atoms with E-state index in [4.69, 9.17) is 0 Å². The van der Waals surface area contributed by atoms with E-state index in [9.17, 15) is 9.90 Å². The minimum Gasteiger partial charge on any atom is -0.391 e. The van der Waals surface area contributed by atoms with Crippen molar-refractivity contribution in [2.24, 2.45) is 0 Å². The number of rotatable bonds is 3. The molecule has 1 aromatic heterocycles. The Morgan fingerprint density at radius 1 is 1.47 bits per heavy atom. The van der Waals surface area contributed by atoms with Crippen LogP contribution in [0.25, 0.3) is 10.9 Å². The maximum Gasteiger partial charge on any atom is 0.280 e. The molecule has 100 valence electrons. The number of para-hydroxylation sites is 1. The molecule has 0 radical (unpaired) electrons. The van der Waals surface area contributed by atoms with Gasteiger partial charge in [-0.1, -0.05) is 19.1 Å². The smallest absolute Gasteiger partial charge is 0.280 e. The van der Waals surface area contributed by atoms with Crippen molar-refractivity contribution in [2.45, 2.75) is 32.4 Å². The summed E-state index contributed by atoms with van der Waals surface area (Å²) in [6.07, 6.45) is 0.242. The highest BCUT2D eigenvalue weighted by Crippen LogP contribution is 2.20. The molecule has 0 amide bonds. The van der Waals surface area contributed by atoms with Crippen molar-refractivity contribution in [2.75, 3.05) is 11.6 Å². The third kappa shape index (κ3) is 1.90. The Hall–Kier alpha value is -1.88. The van der Waals surface area contributed by atoms with Crippen molar-refractivity contribution in [3.8, 4) is 0 Å². The number of aliphatic hydroxyl groups is 1. The number of aryl methyl sites for hydroxylation is 1. The van der Waals surface area contributed by atoms with Gasteiger partial charge in [0.15, 0.2) is 0 Å². The molecule has 5 nitrogen and oxygen atoms in total. The summed E-state index contributed by atoms with van der Waals surface area (Å²) >= 11 is 0. The zero-order chi connectivity index (χ0) is 13.6. The van der Waals surface area contributed by atoms with Crippen LogP contribution >= 0.6 is 0 Å². The minimum absolute atomic E-state index is 0.0194. The first-order valence-corrected chi connectivity index (χ1v) is 6.59. The average molecular weight is 259 g/mol. The fourth-order valence-electron chi connectivity index (χ4n) is 2.44. The summed E-state index contributed by atoms with van der Waals surface area (Å²) in [7, 11) is 0. The molecule has 1 aliphatic heterocycles. The van der Waals surface area contributed by atoms with Crippen LogP contribution in [0, 0.1) is 0 Å². The number of hydrogen-bond donors (Lipinski definition) is 1. The van der Waals surface area contributed by atoms with Crippen LogP contribution in [0.3, 0.4) is 0 Å². The lowest BCUT2D eigenvalue weighted by atomic mass is 10.2. The average Bonchev–Trinajstić information content (AvgIpc) is 3.18. The van der Waals surface area contributed by atoms with Crippen molar-refractivity contribution < 1.29 is 5.11 Å². The number of aromatic nitrogens is 2. The maximum absolute atomic E-state index is 12.6. The Kier molecular flexibility index (Phi) is 2.78. The van der Waals surface area contributed by atoms with Crippen LogP contribution in [0.5, 0.6) is 0 Å². The van der Waals surface area contributed by atoms with E-state index in [1.165, 1.54) is 0 Å². The van der Waals surface area contributed by atoms with Gasteiger partial charge in [0.1, 0.15) is 5.82 Å². The van der Waals surface area contributed by atoms with E-state index in [2.05, 4.69) is 4.98 Å². The molecule has 2 aromatic rings. The van der Waals surface area contributed by atoms with E-state index in [0.717, 1.165) is 11.3 Å². The highest BCUT2D eigenvalue weighted by atomic mass is 16.3. The molecule has 3 rings (SSSR count). The van der Waals surface area contributed by atoms with Gasteiger partial charge in [0.25, 0.3) is 5.56 Å². The predicted molar refractivity (Wildman–Crippen MR) is 73.9 cm³/mol. The van der Waals surface area contributed by atoms with Crippen molar-refractivity contribution in [3.63, 3.8) is 0 Å². The van der Waals surface area contributed by atoms with Crippen LogP contribution in [0.1, 0.15) is 19.7 Å². The molecule has 0 unspecified atom stereocenters. The summed E-state index contributed by atoms with van der Waals surface area (Å²) in [5.74, 6) is 0.742. The van der Waals surface area contributed by atoms with E-state index in [-0.39, 0.29) is 11.6 Å². The van der Waals surface area contributed by atoms with Crippen LogP contribution < -0.4 is 10.6 Å². The number of benzene rings is 1. The second kappa shape index (κ2) is 4.35. The van der Waals surface area contributed by atoms with Gasteiger partial charge < -0.3 is 5.11 Å². The summed E-state index contributed by atoms with van der Waals surface area (Å²) in [6, 6.07) is 7.39. The first-order valence-electron chi connectivity index (χ1n) is 6.59. The van der Waals surface area contributed by atoms with Gasteiger partial charge in [0.05, 0.1) is 29.6 Å². The van der Waals surface area contributed by atoms with Crippen LogP contribution in [-0.2, 0) is 6.42 Å². The lowest BCUT2D eigenvalue weighted by Gasteiger charge is -2.15. The molecular formula is C14H17N3O2. The van der Waals surface area contributed by atoms with Gasteiger partial charge in [-0.05, 0) is 19.1 Å². The normalized spacial score (nSPS) is 19.7. The Balaban J connectivity index is 2.18. The zero-order valence-corrected chi connectivity index (χ0v) is 11.1. The van der Waals surface area contributed by atoms with E-state index < -0.39 is 6.10 Å². The number of aliphatic hydroxyl groups excluding tert-OH is 1. The van der Waals surface area contributed by atoms with Crippen LogP contribution in [0.2, 0.25) is 0 Å². The molecule has 0 aliphatic carbocycles. The van der Waals surface area contributed by atoms with Gasteiger partial charge >= 0.3 is 0 Å². The van der Waals surface area contributed by atoms with Gasteiger partial charge in [-0.25, -0.2) is 9.66 Å². The molecule has 1 fully saturated rings. The Labute approximate surface area is 111 Å². The first kappa shape index (κ1) is 12.2. The number of hydrogen-bond acceptors (Lipinski definition) is 4. The SMILES string of the molecule is CCc1nc2ccccc2c(=O)n1N1C[C@H]1[C@@H](C)O. The Morgan fingerprint density at radius 2 is 2.21 bits per heavy atom. The predicted octanol–water partition coefficient (Wildman–Crippen LogP) is 0.660. The molecule has 19 heavy (non-hydrogen) atoms. The Morgan fingerprint density at radius 3 is 2.84 bits per heavy atom. The topological polar surface area (TPSA) is 58.1 Å². The van der Waals surface area contributed by atoms with E-state index in [1.54, 1.807) is 17.7 Å². The molecule has 2 atom stereocenters. The zero-order valence-electron chi connectivity index (χ0n) is 11.1. The second-order valence-corrected chi connectivity index (χ2v) is 4.95. The van der Waals surface area contributed by atoms with Crippen LogP contribution in [-0.4, -0.2) is 33.5 Å². The van der Waals surface area contributed by atoms with E-state index in [1.807, 2.05) is 30.1 Å². The molecule has 1 aliphatic rings. The molecule has 0 spiro atoms. The second-order valence-electron chi connectivity index (χ2n) is 4.95. The lowest BCUT2D eigenvalue weighted by Crippen LogP contribution is -2.35. The van der Waals surface area contributed by atoms with Crippen molar-refractivity contribution >= 4 is 10.9 Å². The van der Waals surface area contributed by atoms with Gasteiger partial charge in [-0.15, -0.1) is 0 Å². The quantitative estimate of drug-likeness (QED) is 0.823.